The van der Waals surface area contributed by atoms with Gasteiger partial charge in [-0.2, -0.15) is 0 Å². The highest BCUT2D eigenvalue weighted by atomic mass is 32.1. The van der Waals surface area contributed by atoms with Crippen molar-refractivity contribution >= 4 is 22.4 Å². The fourth-order valence-electron chi connectivity index (χ4n) is 1.31. The Bertz CT molecular complexity index is 513. The first kappa shape index (κ1) is 12.4. The van der Waals surface area contributed by atoms with E-state index < -0.39 is 0 Å². The average Bonchev–Trinajstić information content (AvgIpc) is 2.81. The number of nitrogens with zero attached hydrogens (tertiary/aromatic N) is 1. The number of rotatable bonds is 5. The van der Waals surface area contributed by atoms with E-state index in [1.807, 2.05) is 23.6 Å². The molecule has 5 nitrogen and oxygen atoms in total. The van der Waals surface area contributed by atoms with Gasteiger partial charge in [-0.15, -0.1) is 11.3 Å². The van der Waals surface area contributed by atoms with E-state index in [2.05, 4.69) is 10.3 Å². The standard InChI is InChI=1S/C12H13N3O2S/c13-12-15-9(8-18-12)6-14-11(16)7-17-10-4-2-1-3-5-10/h1-5,8H,6-7H2,(H2,13,15)(H,14,16). The highest BCUT2D eigenvalue weighted by Crippen LogP contribution is 2.10. The predicted molar refractivity (Wildman–Crippen MR) is 70.3 cm³/mol. The maximum absolute atomic E-state index is 11.5. The van der Waals surface area contributed by atoms with E-state index in [-0.39, 0.29) is 12.5 Å². The molecule has 2 rings (SSSR count). The lowest BCUT2D eigenvalue weighted by atomic mass is 10.3. The van der Waals surface area contributed by atoms with Crippen LogP contribution < -0.4 is 15.8 Å². The van der Waals surface area contributed by atoms with Gasteiger partial charge in [-0.05, 0) is 12.1 Å². The molecule has 0 saturated carbocycles. The van der Waals surface area contributed by atoms with Crippen LogP contribution in [0.5, 0.6) is 5.75 Å². The summed E-state index contributed by atoms with van der Waals surface area (Å²) in [6.07, 6.45) is 0. The lowest BCUT2D eigenvalue weighted by Crippen LogP contribution is -2.28. The Balaban J connectivity index is 1.73. The quantitative estimate of drug-likeness (QED) is 0.855. The highest BCUT2D eigenvalue weighted by molar-refractivity contribution is 7.13. The summed E-state index contributed by atoms with van der Waals surface area (Å²) in [7, 11) is 0. The molecule has 0 saturated heterocycles. The van der Waals surface area contributed by atoms with Crippen molar-refractivity contribution in [3.05, 3.63) is 41.4 Å². The normalized spacial score (nSPS) is 10.0. The first-order chi connectivity index (χ1) is 8.74. The lowest BCUT2D eigenvalue weighted by Gasteiger charge is -2.06. The third-order valence-corrected chi connectivity index (χ3v) is 2.87. The maximum atomic E-state index is 11.5. The number of thiazole rings is 1. The Kier molecular flexibility index (Phi) is 4.14. The van der Waals surface area contributed by atoms with Gasteiger partial charge in [0.2, 0.25) is 0 Å². The van der Waals surface area contributed by atoms with Gasteiger partial charge >= 0.3 is 0 Å². The summed E-state index contributed by atoms with van der Waals surface area (Å²) < 4.78 is 5.31. The van der Waals surface area contributed by atoms with Gasteiger partial charge in [-0.25, -0.2) is 4.98 Å². The van der Waals surface area contributed by atoms with Crippen LogP contribution in [0.2, 0.25) is 0 Å². The molecule has 0 aliphatic carbocycles. The van der Waals surface area contributed by atoms with Crippen LogP contribution in [0.25, 0.3) is 0 Å². The van der Waals surface area contributed by atoms with Gasteiger partial charge in [0, 0.05) is 5.38 Å². The zero-order valence-corrected chi connectivity index (χ0v) is 10.4. The Hall–Kier alpha value is -2.08. The van der Waals surface area contributed by atoms with E-state index in [4.69, 9.17) is 10.5 Å². The smallest absolute Gasteiger partial charge is 0.258 e. The number of ether oxygens (including phenoxy) is 1. The number of carbonyl (C=O) groups excluding carboxylic acids is 1. The minimum atomic E-state index is -0.189. The summed E-state index contributed by atoms with van der Waals surface area (Å²) in [6, 6.07) is 9.19. The van der Waals surface area contributed by atoms with Crippen LogP contribution in [0, 0.1) is 0 Å². The summed E-state index contributed by atoms with van der Waals surface area (Å²) in [5.74, 6) is 0.482. The van der Waals surface area contributed by atoms with Gasteiger partial charge in [-0.3, -0.25) is 4.79 Å². The van der Waals surface area contributed by atoms with Crippen LogP contribution in [0.15, 0.2) is 35.7 Å². The number of para-hydroxylation sites is 1. The second kappa shape index (κ2) is 6.02. The molecule has 6 heteroatoms. The number of anilines is 1. The van der Waals surface area contributed by atoms with Gasteiger partial charge in [-0.1, -0.05) is 18.2 Å². The van der Waals surface area contributed by atoms with Crippen LogP contribution in [-0.2, 0) is 11.3 Å². The summed E-state index contributed by atoms with van der Waals surface area (Å²) in [5.41, 5.74) is 6.24. The SMILES string of the molecule is Nc1nc(CNC(=O)COc2ccccc2)cs1. The van der Waals surface area contributed by atoms with Crippen LogP contribution in [0.3, 0.4) is 0 Å². The fraction of sp³-hybridized carbons (Fsp3) is 0.167. The van der Waals surface area contributed by atoms with Crippen molar-refractivity contribution in [3.8, 4) is 5.75 Å². The van der Waals surface area contributed by atoms with Gasteiger partial charge in [0.05, 0.1) is 12.2 Å². The molecular weight excluding hydrogens is 250 g/mol. The molecule has 0 unspecified atom stereocenters. The van der Waals surface area contributed by atoms with E-state index in [0.29, 0.717) is 17.4 Å². The number of carbonyl (C=O) groups is 1. The number of hydrogen-bond donors (Lipinski definition) is 2. The van der Waals surface area contributed by atoms with Crippen LogP contribution >= 0.6 is 11.3 Å². The third kappa shape index (κ3) is 3.74. The Labute approximate surface area is 109 Å². The van der Waals surface area contributed by atoms with E-state index in [9.17, 15) is 4.79 Å². The summed E-state index contributed by atoms with van der Waals surface area (Å²) in [5, 5.41) is 5.02. The molecule has 0 spiro atoms. The minimum absolute atomic E-state index is 0.0103. The molecule has 3 N–H and O–H groups in total. The molecule has 1 aromatic carbocycles. The van der Waals surface area contributed by atoms with Crippen molar-refractivity contribution in [3.63, 3.8) is 0 Å². The maximum Gasteiger partial charge on any atom is 0.258 e. The molecule has 0 fully saturated rings. The average molecular weight is 263 g/mol. The molecule has 18 heavy (non-hydrogen) atoms. The highest BCUT2D eigenvalue weighted by Gasteiger charge is 2.04. The second-order valence-electron chi connectivity index (χ2n) is 3.56. The Morgan fingerprint density at radius 2 is 2.17 bits per heavy atom. The van der Waals surface area contributed by atoms with Gasteiger partial charge < -0.3 is 15.8 Å². The molecule has 0 radical (unpaired) electrons. The Morgan fingerprint density at radius 1 is 1.39 bits per heavy atom. The van der Waals surface area contributed by atoms with Crippen molar-refractivity contribution in [2.24, 2.45) is 0 Å². The summed E-state index contributed by atoms with van der Waals surface area (Å²) in [6.45, 7) is 0.355. The van der Waals surface area contributed by atoms with Crippen molar-refractivity contribution in [1.29, 1.82) is 0 Å². The number of nitrogens with one attached hydrogen (secondary N) is 1. The zero-order valence-electron chi connectivity index (χ0n) is 9.63. The molecule has 1 aromatic heterocycles. The van der Waals surface area contributed by atoms with E-state index in [0.717, 1.165) is 5.69 Å². The van der Waals surface area contributed by atoms with Crippen molar-refractivity contribution < 1.29 is 9.53 Å². The molecule has 2 aromatic rings. The van der Waals surface area contributed by atoms with E-state index >= 15 is 0 Å². The third-order valence-electron chi connectivity index (χ3n) is 2.15. The number of nitrogens with two attached hydrogens (primary N) is 1. The zero-order chi connectivity index (χ0) is 12.8. The van der Waals surface area contributed by atoms with Crippen LogP contribution in [-0.4, -0.2) is 17.5 Å². The van der Waals surface area contributed by atoms with Crippen LogP contribution in [0.4, 0.5) is 5.13 Å². The van der Waals surface area contributed by atoms with E-state index in [1.165, 1.54) is 11.3 Å². The van der Waals surface area contributed by atoms with E-state index in [1.54, 1.807) is 12.1 Å². The minimum Gasteiger partial charge on any atom is -0.484 e. The lowest BCUT2D eigenvalue weighted by molar-refractivity contribution is -0.123. The summed E-state index contributed by atoms with van der Waals surface area (Å²) in [4.78, 5) is 15.5. The van der Waals surface area contributed by atoms with Crippen molar-refractivity contribution in [2.75, 3.05) is 12.3 Å². The monoisotopic (exact) mass is 263 g/mol. The first-order valence-corrected chi connectivity index (χ1v) is 6.26. The van der Waals surface area contributed by atoms with Gasteiger partial charge in [0.15, 0.2) is 11.7 Å². The Morgan fingerprint density at radius 3 is 2.83 bits per heavy atom. The van der Waals surface area contributed by atoms with Gasteiger partial charge in [0.25, 0.3) is 5.91 Å². The number of amides is 1. The van der Waals surface area contributed by atoms with Crippen molar-refractivity contribution in [2.45, 2.75) is 6.54 Å². The first-order valence-electron chi connectivity index (χ1n) is 5.38. The molecule has 0 aliphatic rings. The number of nitrogen functional groups attached to an aromatic ring is 1. The number of benzene rings is 1. The topological polar surface area (TPSA) is 77.2 Å². The molecule has 0 atom stereocenters. The molecule has 0 bridgehead atoms. The number of aromatic nitrogens is 1. The predicted octanol–water partition coefficient (Wildman–Crippen LogP) is 1.42. The summed E-state index contributed by atoms with van der Waals surface area (Å²) >= 11 is 1.35. The molecular formula is C12H13N3O2S. The van der Waals surface area contributed by atoms with Gasteiger partial charge in [0.1, 0.15) is 5.75 Å². The largest absolute Gasteiger partial charge is 0.484 e. The molecule has 1 heterocycles. The van der Waals surface area contributed by atoms with Crippen LogP contribution in [0.1, 0.15) is 5.69 Å². The fourth-order valence-corrected chi connectivity index (χ4v) is 1.87. The molecule has 1 amide bonds. The second-order valence-corrected chi connectivity index (χ2v) is 4.45. The molecule has 0 aliphatic heterocycles. The number of hydrogen-bond acceptors (Lipinski definition) is 5. The van der Waals surface area contributed by atoms with Crippen molar-refractivity contribution in [1.82, 2.24) is 10.3 Å². The molecule has 94 valence electrons.